The molecule has 8 nitrogen and oxygen atoms in total. The van der Waals surface area contributed by atoms with Crippen LogP contribution in [0.3, 0.4) is 0 Å². The van der Waals surface area contributed by atoms with Crippen molar-refractivity contribution in [2.75, 3.05) is 13.1 Å². The molecule has 0 spiro atoms. The van der Waals surface area contributed by atoms with E-state index in [0.717, 1.165) is 11.3 Å². The van der Waals surface area contributed by atoms with Gasteiger partial charge in [0, 0.05) is 31.9 Å². The minimum absolute atomic E-state index is 0.0694. The Labute approximate surface area is 133 Å². The van der Waals surface area contributed by atoms with Crippen LogP contribution in [-0.2, 0) is 7.05 Å². The van der Waals surface area contributed by atoms with E-state index in [1.165, 1.54) is 4.90 Å². The van der Waals surface area contributed by atoms with Crippen molar-refractivity contribution in [3.63, 3.8) is 0 Å². The van der Waals surface area contributed by atoms with E-state index in [0.29, 0.717) is 18.7 Å². The van der Waals surface area contributed by atoms with Crippen molar-refractivity contribution in [2.45, 2.75) is 32.0 Å². The van der Waals surface area contributed by atoms with E-state index in [1.54, 1.807) is 23.9 Å². The van der Waals surface area contributed by atoms with Crippen LogP contribution in [0.5, 0.6) is 0 Å². The normalized spacial score (nSPS) is 24.9. The number of aliphatic hydroxyl groups excluding tert-OH is 1. The van der Waals surface area contributed by atoms with Crippen LogP contribution >= 0.6 is 0 Å². The van der Waals surface area contributed by atoms with Crippen molar-refractivity contribution in [3.8, 4) is 11.3 Å². The van der Waals surface area contributed by atoms with Crippen molar-refractivity contribution >= 4 is 5.91 Å². The number of β-amino-alcohol motifs (C(OH)–C–C–N with tert-alkyl or cyclic N) is 1. The van der Waals surface area contributed by atoms with Gasteiger partial charge in [-0.15, -0.1) is 0 Å². The van der Waals surface area contributed by atoms with Gasteiger partial charge in [-0.25, -0.2) is 0 Å². The number of amides is 1. The number of likely N-dealkylation sites (tertiary alicyclic amines) is 1. The minimum Gasteiger partial charge on any atom is -0.388 e. The first kappa shape index (κ1) is 15.7. The predicted molar refractivity (Wildman–Crippen MR) is 80.6 cm³/mol. The molecule has 2 N–H and O–H groups in total. The third-order valence-electron chi connectivity index (χ3n) is 4.52. The maximum atomic E-state index is 12.5. The lowest BCUT2D eigenvalue weighted by molar-refractivity contribution is -0.1000. The Morgan fingerprint density at radius 2 is 2.26 bits per heavy atom. The van der Waals surface area contributed by atoms with Gasteiger partial charge < -0.3 is 19.6 Å². The fourth-order valence-corrected chi connectivity index (χ4v) is 2.61. The van der Waals surface area contributed by atoms with E-state index in [2.05, 4.69) is 10.3 Å². The number of carbonyl (C=O) groups is 1. The van der Waals surface area contributed by atoms with Gasteiger partial charge in [0.15, 0.2) is 11.5 Å². The number of piperidine rings is 1. The quantitative estimate of drug-likeness (QED) is 0.827. The van der Waals surface area contributed by atoms with Gasteiger partial charge in [-0.1, -0.05) is 5.16 Å². The highest BCUT2D eigenvalue weighted by molar-refractivity contribution is 5.93. The zero-order valence-electron chi connectivity index (χ0n) is 13.4. The number of aromatic nitrogens is 3. The molecule has 1 aliphatic rings. The molecule has 124 valence electrons. The van der Waals surface area contributed by atoms with Gasteiger partial charge in [0.25, 0.3) is 5.91 Å². The van der Waals surface area contributed by atoms with Crippen LogP contribution in [0, 0.1) is 6.92 Å². The number of nitrogens with zero attached hydrogens (tertiary/aromatic N) is 4. The Balaban J connectivity index is 1.78. The lowest BCUT2D eigenvalue weighted by atomic mass is 9.90. The Morgan fingerprint density at radius 1 is 1.52 bits per heavy atom. The number of aryl methyl sites for hydroxylation is 1. The second-order valence-electron chi connectivity index (χ2n) is 6.22. The summed E-state index contributed by atoms with van der Waals surface area (Å²) in [5, 5.41) is 27.9. The molecule has 1 aliphatic heterocycles. The highest BCUT2D eigenvalue weighted by atomic mass is 16.5. The zero-order chi connectivity index (χ0) is 16.8. The molecule has 23 heavy (non-hydrogen) atoms. The molecular formula is C15H20N4O4. The molecule has 0 aliphatic carbocycles. The summed E-state index contributed by atoms with van der Waals surface area (Å²) < 4.78 is 6.97. The van der Waals surface area contributed by atoms with Gasteiger partial charge in [-0.2, -0.15) is 5.10 Å². The predicted octanol–water partition coefficient (Wildman–Crippen LogP) is 0.341. The van der Waals surface area contributed by atoms with Crippen LogP contribution in [0.15, 0.2) is 16.8 Å². The van der Waals surface area contributed by atoms with Gasteiger partial charge >= 0.3 is 0 Å². The van der Waals surface area contributed by atoms with Gasteiger partial charge in [0.05, 0.1) is 23.5 Å². The largest absolute Gasteiger partial charge is 0.388 e. The third-order valence-corrected chi connectivity index (χ3v) is 4.52. The summed E-state index contributed by atoms with van der Waals surface area (Å²) >= 11 is 0. The lowest BCUT2D eigenvalue weighted by Crippen LogP contribution is -2.55. The molecule has 1 amide bonds. The molecular weight excluding hydrogens is 300 g/mol. The number of hydrogen-bond acceptors (Lipinski definition) is 6. The molecule has 3 rings (SSSR count). The summed E-state index contributed by atoms with van der Waals surface area (Å²) in [6.07, 6.45) is 0.991. The highest BCUT2D eigenvalue weighted by Crippen LogP contribution is 2.26. The van der Waals surface area contributed by atoms with Crippen LogP contribution < -0.4 is 0 Å². The Hall–Kier alpha value is -2.19. The van der Waals surface area contributed by atoms with Crippen LogP contribution in [-0.4, -0.2) is 60.8 Å². The number of carbonyl (C=O) groups excluding carboxylic acids is 1. The lowest BCUT2D eigenvalue weighted by Gasteiger charge is -2.39. The highest BCUT2D eigenvalue weighted by Gasteiger charge is 2.38. The first-order chi connectivity index (χ1) is 10.8. The first-order valence-electron chi connectivity index (χ1n) is 7.45. The molecule has 3 heterocycles. The second kappa shape index (κ2) is 5.47. The molecule has 2 aromatic rings. The van der Waals surface area contributed by atoms with Crippen molar-refractivity contribution in [2.24, 2.45) is 7.05 Å². The molecule has 0 unspecified atom stereocenters. The van der Waals surface area contributed by atoms with E-state index in [1.807, 2.05) is 14.0 Å². The molecule has 0 bridgehead atoms. The van der Waals surface area contributed by atoms with E-state index >= 15 is 0 Å². The van der Waals surface area contributed by atoms with Crippen LogP contribution in [0.25, 0.3) is 11.3 Å². The fraction of sp³-hybridized carbons (Fsp3) is 0.533. The molecule has 0 radical (unpaired) electrons. The van der Waals surface area contributed by atoms with Gasteiger partial charge in [0.1, 0.15) is 0 Å². The van der Waals surface area contributed by atoms with E-state index < -0.39 is 11.7 Å². The summed E-state index contributed by atoms with van der Waals surface area (Å²) in [6.45, 7) is 3.89. The molecule has 2 aromatic heterocycles. The van der Waals surface area contributed by atoms with Crippen molar-refractivity contribution in [1.29, 1.82) is 0 Å². The smallest absolute Gasteiger partial charge is 0.276 e. The SMILES string of the molecule is Cc1c(-c2cc(C(=O)N3CC[C@](C)(O)[C@H](O)C3)no2)cnn1C. The fourth-order valence-electron chi connectivity index (χ4n) is 2.61. The van der Waals surface area contributed by atoms with Crippen LogP contribution in [0.2, 0.25) is 0 Å². The Kier molecular flexibility index (Phi) is 3.73. The first-order valence-corrected chi connectivity index (χ1v) is 7.45. The monoisotopic (exact) mass is 320 g/mol. The molecule has 2 atom stereocenters. The van der Waals surface area contributed by atoms with Crippen molar-refractivity contribution in [1.82, 2.24) is 19.8 Å². The standard InChI is InChI=1S/C15H20N4O4/c1-9-10(7-16-18(9)3)12-6-11(17-23-12)14(21)19-5-4-15(2,22)13(20)8-19/h6-7,13,20,22H,4-5,8H2,1-3H3/t13-,15+/m1/s1. The molecule has 0 aromatic carbocycles. The summed E-state index contributed by atoms with van der Waals surface area (Å²) in [4.78, 5) is 14.0. The third kappa shape index (κ3) is 2.75. The summed E-state index contributed by atoms with van der Waals surface area (Å²) in [6, 6.07) is 1.57. The maximum Gasteiger partial charge on any atom is 0.276 e. The Bertz CT molecular complexity index is 734. The number of aliphatic hydroxyl groups is 2. The molecule has 1 fully saturated rings. The Morgan fingerprint density at radius 3 is 2.87 bits per heavy atom. The molecule has 0 saturated carbocycles. The molecule has 8 heteroatoms. The van der Waals surface area contributed by atoms with Crippen LogP contribution in [0.1, 0.15) is 29.5 Å². The number of rotatable bonds is 2. The van der Waals surface area contributed by atoms with Gasteiger partial charge in [-0.05, 0) is 20.3 Å². The van der Waals surface area contributed by atoms with Crippen LogP contribution in [0.4, 0.5) is 0 Å². The second-order valence-corrected chi connectivity index (χ2v) is 6.22. The summed E-state index contributed by atoms with van der Waals surface area (Å²) in [5.41, 5.74) is 0.695. The van der Waals surface area contributed by atoms with E-state index in [-0.39, 0.29) is 18.1 Å². The number of hydrogen-bond donors (Lipinski definition) is 2. The topological polar surface area (TPSA) is 105 Å². The van der Waals surface area contributed by atoms with Crippen molar-refractivity contribution in [3.05, 3.63) is 23.7 Å². The summed E-state index contributed by atoms with van der Waals surface area (Å²) in [7, 11) is 1.82. The zero-order valence-corrected chi connectivity index (χ0v) is 13.4. The maximum absolute atomic E-state index is 12.5. The van der Waals surface area contributed by atoms with Gasteiger partial charge in [-0.3, -0.25) is 9.48 Å². The molecule has 1 saturated heterocycles. The van der Waals surface area contributed by atoms with E-state index in [4.69, 9.17) is 4.52 Å². The minimum atomic E-state index is -1.17. The van der Waals surface area contributed by atoms with E-state index in [9.17, 15) is 15.0 Å². The average molecular weight is 320 g/mol. The average Bonchev–Trinajstić information content (AvgIpc) is 3.10. The van der Waals surface area contributed by atoms with Gasteiger partial charge in [0.2, 0.25) is 0 Å². The summed E-state index contributed by atoms with van der Waals surface area (Å²) in [5.74, 6) is 0.152. The van der Waals surface area contributed by atoms with Crippen molar-refractivity contribution < 1.29 is 19.5 Å².